The van der Waals surface area contributed by atoms with Gasteiger partial charge in [0.15, 0.2) is 0 Å². The fraction of sp³-hybridized carbons (Fsp3) is 0.208. The molecule has 0 N–H and O–H groups in total. The molecule has 0 saturated heterocycles. The molecule has 0 aliphatic carbocycles. The predicted molar refractivity (Wildman–Crippen MR) is 130 cm³/mol. The first-order valence-corrected chi connectivity index (χ1v) is 11.8. The van der Waals surface area contributed by atoms with Gasteiger partial charge in [0.25, 0.3) is 11.8 Å². The Kier molecular flexibility index (Phi) is 8.71. The Labute approximate surface area is 237 Å². The third kappa shape index (κ3) is 6.12. The maximum atomic E-state index is 14.4. The number of hydrogen-bond donors (Lipinski definition) is 0. The minimum atomic E-state index is -6.66. The fourth-order valence-corrected chi connectivity index (χ4v) is 4.26. The van der Waals surface area contributed by atoms with Crippen molar-refractivity contribution in [1.82, 2.24) is 4.98 Å². The van der Waals surface area contributed by atoms with Gasteiger partial charge in [-0.3, -0.25) is 9.59 Å². The largest absolute Gasteiger partial charge is 0.435 e. The molecule has 0 aliphatic rings. The summed E-state index contributed by atoms with van der Waals surface area (Å²) >= 11 is 8.48. The van der Waals surface area contributed by atoms with Crippen LogP contribution in [0.3, 0.4) is 0 Å². The molecule has 3 aromatic rings. The number of pyridine rings is 1. The monoisotopic (exact) mass is 679 g/mol. The average Bonchev–Trinajstić information content (AvgIpc) is 2.89. The van der Waals surface area contributed by atoms with Gasteiger partial charge in [-0.25, -0.2) is 13.3 Å². The normalized spacial score (nSPS) is 12.7. The van der Waals surface area contributed by atoms with Crippen LogP contribution in [-0.4, -0.2) is 36.2 Å². The minimum absolute atomic E-state index is 0.0212. The molecule has 17 heteroatoms. The summed E-state index contributed by atoms with van der Waals surface area (Å²) in [6, 6.07) is 6.81. The SMILES string of the molecule is CN(C(=O)c1cccnc1Cl)c1cccc(C(=O)N(Br)c2ccc(C(F)(C(F)(F)F)C(F)(F)F)cc2C(F)(F)F)c1. The molecule has 2 amide bonds. The lowest BCUT2D eigenvalue weighted by molar-refractivity contribution is -0.348. The summed E-state index contributed by atoms with van der Waals surface area (Å²) in [7, 11) is 1.28. The molecule has 3 rings (SSSR count). The zero-order valence-electron chi connectivity index (χ0n) is 20.0. The van der Waals surface area contributed by atoms with Crippen molar-refractivity contribution in [3.63, 3.8) is 0 Å². The minimum Gasteiger partial charge on any atom is -0.311 e. The maximum absolute atomic E-state index is 14.4. The molecule has 220 valence electrons. The van der Waals surface area contributed by atoms with E-state index < -0.39 is 58.9 Å². The Morgan fingerprint density at radius 1 is 0.829 bits per heavy atom. The molecule has 1 aromatic heterocycles. The first kappa shape index (κ1) is 32.1. The van der Waals surface area contributed by atoms with Gasteiger partial charge in [0.1, 0.15) is 5.15 Å². The number of hydrogen-bond acceptors (Lipinski definition) is 3. The highest BCUT2D eigenvalue weighted by Crippen LogP contribution is 2.54. The van der Waals surface area contributed by atoms with Crippen molar-refractivity contribution in [3.8, 4) is 0 Å². The molecule has 2 aromatic carbocycles. The highest BCUT2D eigenvalue weighted by atomic mass is 79.9. The molecular weight excluding hydrogens is 668 g/mol. The van der Waals surface area contributed by atoms with Gasteiger partial charge in [0.05, 0.1) is 33.0 Å². The summed E-state index contributed by atoms with van der Waals surface area (Å²) in [4.78, 5) is 30.6. The van der Waals surface area contributed by atoms with Crippen LogP contribution in [0.4, 0.5) is 55.3 Å². The highest BCUT2D eigenvalue weighted by Gasteiger charge is 2.73. The van der Waals surface area contributed by atoms with Crippen LogP contribution in [0, 0.1) is 0 Å². The van der Waals surface area contributed by atoms with Crippen LogP contribution in [0.25, 0.3) is 0 Å². The molecule has 0 saturated carbocycles. The standard InChI is InChI=1S/C24H13BrClF10N3O2/c1-38(20(41)15-6-3-9-37-18(15)26)14-5-2-4-12(10-14)19(40)39(25)17-8-7-13(11-16(17)22(28,29)30)21(27,23(31,32)33)24(34,35)36/h2-11H,1H3. The molecular formula is C24H13BrClF10N3O2. The van der Waals surface area contributed by atoms with Crippen molar-refractivity contribution in [2.24, 2.45) is 0 Å². The second-order valence-corrected chi connectivity index (χ2v) is 9.29. The summed E-state index contributed by atoms with van der Waals surface area (Å²) in [6.45, 7) is 0. The van der Waals surface area contributed by atoms with Crippen molar-refractivity contribution >= 4 is 50.9 Å². The number of benzene rings is 2. The van der Waals surface area contributed by atoms with Crippen molar-refractivity contribution in [3.05, 3.63) is 88.2 Å². The third-order valence-corrected chi connectivity index (χ3v) is 6.65. The number of alkyl halides is 10. The molecule has 0 atom stereocenters. The Morgan fingerprint density at radius 2 is 1.44 bits per heavy atom. The lowest BCUT2D eigenvalue weighted by atomic mass is 9.92. The topological polar surface area (TPSA) is 53.5 Å². The molecule has 0 bridgehead atoms. The number of aromatic nitrogens is 1. The lowest BCUT2D eigenvalue weighted by Crippen LogP contribution is -2.50. The molecule has 5 nitrogen and oxygen atoms in total. The van der Waals surface area contributed by atoms with Crippen molar-refractivity contribution in [1.29, 1.82) is 0 Å². The second kappa shape index (κ2) is 11.1. The van der Waals surface area contributed by atoms with Crippen LogP contribution in [0.15, 0.2) is 60.8 Å². The Hall–Kier alpha value is -3.40. The van der Waals surface area contributed by atoms with Crippen LogP contribution >= 0.6 is 27.7 Å². The van der Waals surface area contributed by atoms with Crippen molar-refractivity contribution in [2.75, 3.05) is 15.9 Å². The number of carbonyl (C=O) groups is 2. The number of carbonyl (C=O) groups excluding carboxylic acids is 2. The Bertz CT molecular complexity index is 1460. The Balaban J connectivity index is 2.04. The van der Waals surface area contributed by atoms with Gasteiger partial charge < -0.3 is 4.90 Å². The van der Waals surface area contributed by atoms with Crippen molar-refractivity contribution < 1.29 is 53.5 Å². The number of nitrogens with zero attached hydrogens (tertiary/aromatic N) is 3. The van der Waals surface area contributed by atoms with Gasteiger partial charge in [0, 0.05) is 30.1 Å². The van der Waals surface area contributed by atoms with E-state index in [1.807, 2.05) is 0 Å². The van der Waals surface area contributed by atoms with E-state index in [2.05, 4.69) is 21.1 Å². The predicted octanol–water partition coefficient (Wildman–Crippen LogP) is 8.28. The van der Waals surface area contributed by atoms with E-state index in [9.17, 15) is 53.5 Å². The Morgan fingerprint density at radius 3 is 1.98 bits per heavy atom. The molecule has 0 fully saturated rings. The zero-order valence-corrected chi connectivity index (χ0v) is 22.3. The van der Waals surface area contributed by atoms with Gasteiger partial charge in [-0.05, 0) is 42.5 Å². The molecule has 0 radical (unpaired) electrons. The third-order valence-electron chi connectivity index (χ3n) is 5.65. The lowest BCUT2D eigenvalue weighted by Gasteiger charge is -2.31. The number of amides is 2. The first-order valence-electron chi connectivity index (χ1n) is 10.7. The smallest absolute Gasteiger partial charge is 0.311 e. The van der Waals surface area contributed by atoms with E-state index in [1.165, 1.54) is 37.5 Å². The van der Waals surface area contributed by atoms with E-state index in [-0.39, 0.29) is 38.0 Å². The van der Waals surface area contributed by atoms with Gasteiger partial charge in [-0.2, -0.15) is 39.5 Å². The van der Waals surface area contributed by atoms with Crippen LogP contribution < -0.4 is 8.83 Å². The summed E-state index contributed by atoms with van der Waals surface area (Å²) in [5, 5.41) is -0.139. The van der Waals surface area contributed by atoms with Crippen LogP contribution in [0.5, 0.6) is 0 Å². The zero-order chi connectivity index (χ0) is 31.1. The average molecular weight is 681 g/mol. The van der Waals surface area contributed by atoms with E-state index in [0.717, 1.165) is 17.0 Å². The number of halogens is 12. The molecule has 0 unspecified atom stereocenters. The van der Waals surface area contributed by atoms with E-state index in [4.69, 9.17) is 11.6 Å². The first-order chi connectivity index (χ1) is 18.7. The van der Waals surface area contributed by atoms with Gasteiger partial charge in [0.2, 0.25) is 0 Å². The number of anilines is 2. The van der Waals surface area contributed by atoms with E-state index >= 15 is 0 Å². The fourth-order valence-electron chi connectivity index (χ4n) is 3.55. The summed E-state index contributed by atoms with van der Waals surface area (Å²) < 4.78 is 135. The maximum Gasteiger partial charge on any atom is 0.435 e. The van der Waals surface area contributed by atoms with Gasteiger partial charge >= 0.3 is 24.2 Å². The molecule has 0 aliphatic heterocycles. The van der Waals surface area contributed by atoms with E-state index in [1.54, 1.807) is 0 Å². The van der Waals surface area contributed by atoms with Gasteiger partial charge in [-0.1, -0.05) is 23.7 Å². The van der Waals surface area contributed by atoms with Crippen LogP contribution in [-0.2, 0) is 11.8 Å². The summed E-state index contributed by atoms with van der Waals surface area (Å²) in [6.07, 6.45) is -17.6. The summed E-state index contributed by atoms with van der Waals surface area (Å²) in [5.74, 6) is -1.95. The van der Waals surface area contributed by atoms with Crippen LogP contribution in [0.2, 0.25) is 5.15 Å². The quantitative estimate of drug-likeness (QED) is 0.155. The number of rotatable bonds is 5. The van der Waals surface area contributed by atoms with Crippen LogP contribution in [0.1, 0.15) is 31.8 Å². The molecule has 1 heterocycles. The molecule has 0 spiro atoms. The van der Waals surface area contributed by atoms with Gasteiger partial charge in [-0.15, -0.1) is 0 Å². The second-order valence-electron chi connectivity index (χ2n) is 8.23. The van der Waals surface area contributed by atoms with Crippen molar-refractivity contribution in [2.45, 2.75) is 24.2 Å². The summed E-state index contributed by atoms with van der Waals surface area (Å²) in [5.41, 5.74) is -12.3. The van der Waals surface area contributed by atoms with E-state index in [0.29, 0.717) is 0 Å². The highest BCUT2D eigenvalue weighted by molar-refractivity contribution is 9.10. The molecule has 41 heavy (non-hydrogen) atoms.